The maximum atomic E-state index is 5.93. The lowest BCUT2D eigenvalue weighted by atomic mass is 10.3. The van der Waals surface area contributed by atoms with Crippen LogP contribution in [-0.4, -0.2) is 31.9 Å². The molecule has 84 valence electrons. The second kappa shape index (κ2) is 5.78. The van der Waals surface area contributed by atoms with Gasteiger partial charge in [0.25, 0.3) is 0 Å². The molecule has 0 aliphatic rings. The summed E-state index contributed by atoms with van der Waals surface area (Å²) in [5.41, 5.74) is 0.852. The van der Waals surface area contributed by atoms with Gasteiger partial charge in [0.2, 0.25) is 5.88 Å². The first-order valence-electron chi connectivity index (χ1n) is 4.62. The molecule has 1 heterocycles. The molecule has 0 aromatic carbocycles. The Labute approximate surface area is 94.6 Å². The predicted octanol–water partition coefficient (Wildman–Crippen LogP) is 2.19. The number of nitrogens with one attached hydrogen (secondary N) is 1. The lowest BCUT2D eigenvalue weighted by Gasteiger charge is -2.14. The number of pyridine rings is 1. The van der Waals surface area contributed by atoms with Crippen LogP contribution in [-0.2, 0) is 4.74 Å². The van der Waals surface area contributed by atoms with Gasteiger partial charge in [0.05, 0.1) is 25.6 Å². The molecule has 0 amide bonds. The van der Waals surface area contributed by atoms with Crippen molar-refractivity contribution in [3.8, 4) is 5.88 Å². The van der Waals surface area contributed by atoms with Crippen molar-refractivity contribution in [3.05, 3.63) is 17.3 Å². The van der Waals surface area contributed by atoms with Crippen LogP contribution >= 0.6 is 11.6 Å². The van der Waals surface area contributed by atoms with Crippen molar-refractivity contribution in [2.75, 3.05) is 26.1 Å². The number of hydrogen-bond acceptors (Lipinski definition) is 4. The number of aromatic nitrogens is 1. The Morgan fingerprint density at radius 2 is 2.27 bits per heavy atom. The maximum absolute atomic E-state index is 5.93. The highest BCUT2D eigenvalue weighted by Gasteiger charge is 2.05. The molecule has 0 saturated heterocycles. The third-order valence-corrected chi connectivity index (χ3v) is 2.10. The lowest BCUT2D eigenvalue weighted by molar-refractivity contribution is 0.190. The van der Waals surface area contributed by atoms with Gasteiger partial charge >= 0.3 is 0 Å². The quantitative estimate of drug-likeness (QED) is 0.842. The van der Waals surface area contributed by atoms with Crippen molar-refractivity contribution in [1.82, 2.24) is 4.98 Å². The molecule has 0 fully saturated rings. The third kappa shape index (κ3) is 3.57. The Morgan fingerprint density at radius 3 is 2.80 bits per heavy atom. The van der Waals surface area contributed by atoms with Crippen molar-refractivity contribution in [3.63, 3.8) is 0 Å². The van der Waals surface area contributed by atoms with Crippen LogP contribution in [0.4, 0.5) is 5.69 Å². The van der Waals surface area contributed by atoms with E-state index in [1.807, 2.05) is 6.92 Å². The summed E-state index contributed by atoms with van der Waals surface area (Å²) in [5.74, 6) is 0.432. The topological polar surface area (TPSA) is 43.4 Å². The van der Waals surface area contributed by atoms with Crippen molar-refractivity contribution in [1.29, 1.82) is 0 Å². The molecule has 15 heavy (non-hydrogen) atoms. The van der Waals surface area contributed by atoms with Crippen LogP contribution in [0.15, 0.2) is 12.3 Å². The molecular formula is C10H15ClN2O2. The number of hydrogen-bond donors (Lipinski definition) is 1. The lowest BCUT2D eigenvalue weighted by Crippen LogP contribution is -2.20. The van der Waals surface area contributed by atoms with Crippen LogP contribution < -0.4 is 10.1 Å². The average Bonchev–Trinajstić information content (AvgIpc) is 2.18. The highest BCUT2D eigenvalue weighted by molar-refractivity contribution is 6.32. The van der Waals surface area contributed by atoms with Crippen LogP contribution in [0.5, 0.6) is 5.88 Å². The normalized spacial score (nSPS) is 12.3. The zero-order chi connectivity index (χ0) is 11.3. The monoisotopic (exact) mass is 230 g/mol. The van der Waals surface area contributed by atoms with Gasteiger partial charge in [0.15, 0.2) is 0 Å². The first-order valence-corrected chi connectivity index (χ1v) is 5.00. The van der Waals surface area contributed by atoms with Crippen molar-refractivity contribution >= 4 is 17.3 Å². The van der Waals surface area contributed by atoms with Gasteiger partial charge < -0.3 is 14.8 Å². The van der Waals surface area contributed by atoms with E-state index in [4.69, 9.17) is 21.1 Å². The molecular weight excluding hydrogens is 216 g/mol. The molecule has 1 rings (SSSR count). The number of anilines is 1. The number of methoxy groups -OCH3 is 2. The molecule has 1 atom stereocenters. The first-order chi connectivity index (χ1) is 7.17. The van der Waals surface area contributed by atoms with Gasteiger partial charge in [0.1, 0.15) is 5.02 Å². The maximum Gasteiger partial charge on any atom is 0.232 e. The molecule has 0 aliphatic carbocycles. The molecule has 0 unspecified atom stereocenters. The minimum Gasteiger partial charge on any atom is -0.480 e. The van der Waals surface area contributed by atoms with Crippen LogP contribution in [0.25, 0.3) is 0 Å². The number of nitrogens with zero attached hydrogens (tertiary/aromatic N) is 1. The minimum absolute atomic E-state index is 0.210. The predicted molar refractivity (Wildman–Crippen MR) is 60.8 cm³/mol. The molecule has 1 aromatic rings. The van der Waals surface area contributed by atoms with E-state index in [2.05, 4.69) is 10.3 Å². The molecule has 0 aliphatic heterocycles. The zero-order valence-electron chi connectivity index (χ0n) is 9.08. The van der Waals surface area contributed by atoms with E-state index >= 15 is 0 Å². The Morgan fingerprint density at radius 1 is 1.53 bits per heavy atom. The zero-order valence-corrected chi connectivity index (χ0v) is 9.84. The average molecular weight is 231 g/mol. The van der Waals surface area contributed by atoms with Crippen molar-refractivity contribution in [2.24, 2.45) is 0 Å². The van der Waals surface area contributed by atoms with Crippen molar-refractivity contribution < 1.29 is 9.47 Å². The highest BCUT2D eigenvalue weighted by Crippen LogP contribution is 2.24. The van der Waals surface area contributed by atoms with Crippen LogP contribution in [0.3, 0.4) is 0 Å². The van der Waals surface area contributed by atoms with Gasteiger partial charge in [-0.2, -0.15) is 0 Å². The van der Waals surface area contributed by atoms with Gasteiger partial charge in [-0.25, -0.2) is 4.98 Å². The summed E-state index contributed by atoms with van der Waals surface area (Å²) in [5, 5.41) is 3.70. The van der Waals surface area contributed by atoms with Gasteiger partial charge in [-0.15, -0.1) is 0 Å². The van der Waals surface area contributed by atoms with E-state index in [-0.39, 0.29) is 6.04 Å². The number of ether oxygens (including phenoxy) is 2. The molecule has 1 N–H and O–H groups in total. The summed E-state index contributed by atoms with van der Waals surface area (Å²) < 4.78 is 9.97. The van der Waals surface area contributed by atoms with Crippen LogP contribution in [0.2, 0.25) is 5.02 Å². The molecule has 4 nitrogen and oxygen atoms in total. The number of halogens is 1. The van der Waals surface area contributed by atoms with Gasteiger partial charge in [-0.3, -0.25) is 0 Å². The third-order valence-electron chi connectivity index (χ3n) is 1.83. The summed E-state index contributed by atoms with van der Waals surface area (Å²) in [7, 11) is 3.20. The number of rotatable bonds is 5. The van der Waals surface area contributed by atoms with Gasteiger partial charge in [-0.05, 0) is 13.0 Å². The van der Waals surface area contributed by atoms with Crippen LogP contribution in [0.1, 0.15) is 6.92 Å². The van der Waals surface area contributed by atoms with Crippen LogP contribution in [0, 0.1) is 0 Å². The second-order valence-corrected chi connectivity index (χ2v) is 3.62. The van der Waals surface area contributed by atoms with E-state index in [9.17, 15) is 0 Å². The Kier molecular flexibility index (Phi) is 4.65. The molecule has 0 saturated carbocycles. The second-order valence-electron chi connectivity index (χ2n) is 3.22. The highest BCUT2D eigenvalue weighted by atomic mass is 35.5. The molecule has 0 bridgehead atoms. The van der Waals surface area contributed by atoms with E-state index in [0.717, 1.165) is 5.69 Å². The van der Waals surface area contributed by atoms with E-state index < -0.39 is 0 Å². The summed E-state index contributed by atoms with van der Waals surface area (Å²) >= 11 is 5.93. The Bertz CT molecular complexity index is 320. The smallest absolute Gasteiger partial charge is 0.232 e. The van der Waals surface area contributed by atoms with Gasteiger partial charge in [-0.1, -0.05) is 11.6 Å². The fourth-order valence-electron chi connectivity index (χ4n) is 1.23. The molecule has 1 aromatic heterocycles. The minimum atomic E-state index is 0.210. The fourth-order valence-corrected chi connectivity index (χ4v) is 1.47. The molecule has 0 radical (unpaired) electrons. The van der Waals surface area contributed by atoms with E-state index in [0.29, 0.717) is 17.5 Å². The van der Waals surface area contributed by atoms with E-state index in [1.165, 1.54) is 7.11 Å². The Hall–Kier alpha value is -1.00. The van der Waals surface area contributed by atoms with Crippen molar-refractivity contribution in [2.45, 2.75) is 13.0 Å². The summed E-state index contributed by atoms with van der Waals surface area (Å²) in [6, 6.07) is 1.99. The largest absolute Gasteiger partial charge is 0.480 e. The fraction of sp³-hybridized carbons (Fsp3) is 0.500. The summed E-state index contributed by atoms with van der Waals surface area (Å²) in [4.78, 5) is 4.05. The Balaban J connectivity index is 2.66. The van der Waals surface area contributed by atoms with Gasteiger partial charge in [0, 0.05) is 13.2 Å². The summed E-state index contributed by atoms with van der Waals surface area (Å²) in [6.07, 6.45) is 1.68. The standard InChI is InChI=1S/C10H15ClN2O2/c1-7(6-14-2)13-8-4-9(11)10(15-3)12-5-8/h4-5,7,13H,6H2,1-3H3/t7-/m0/s1. The SMILES string of the molecule is COC[C@H](C)Nc1cnc(OC)c(Cl)c1. The van der Waals surface area contributed by atoms with E-state index in [1.54, 1.807) is 19.4 Å². The molecule has 0 spiro atoms. The molecule has 5 heteroatoms. The first kappa shape index (κ1) is 12.1. The summed E-state index contributed by atoms with van der Waals surface area (Å²) in [6.45, 7) is 2.64.